The Kier molecular flexibility index (Phi) is 10.8. The molecule has 180 valence electrons. The van der Waals surface area contributed by atoms with Gasteiger partial charge in [0.25, 0.3) is 0 Å². The summed E-state index contributed by atoms with van der Waals surface area (Å²) in [5, 5.41) is 5.24. The second-order valence-electron chi connectivity index (χ2n) is 6.46. The minimum absolute atomic E-state index is 0.113. The van der Waals surface area contributed by atoms with Crippen molar-refractivity contribution in [3.05, 3.63) is 4.91 Å². The first-order valence-electron chi connectivity index (χ1n) is 9.27. The van der Waals surface area contributed by atoms with Crippen molar-refractivity contribution in [3.8, 4) is 0 Å². The number of nitrogens with one attached hydrogen (secondary N) is 1. The first-order chi connectivity index (χ1) is 15.0. The van der Waals surface area contributed by atoms with Gasteiger partial charge in [-0.3, -0.25) is 19.2 Å². The van der Waals surface area contributed by atoms with Gasteiger partial charge in [0.2, 0.25) is 0 Å². The Morgan fingerprint density at radius 1 is 0.906 bits per heavy atom. The fourth-order valence-corrected chi connectivity index (χ4v) is 2.96. The lowest BCUT2D eigenvalue weighted by molar-refractivity contribution is -0.255. The van der Waals surface area contributed by atoms with E-state index in [0.29, 0.717) is 5.01 Å². The van der Waals surface area contributed by atoms with Gasteiger partial charge in [0.05, 0.1) is 11.8 Å². The number of alkyl halides is 1. The van der Waals surface area contributed by atoms with Crippen LogP contribution in [-0.2, 0) is 42.9 Å². The molecule has 32 heavy (non-hydrogen) atoms. The molecule has 1 N–H and O–H groups in total. The first-order valence-corrected chi connectivity index (χ1v) is 9.81. The van der Waals surface area contributed by atoms with Gasteiger partial charge in [0.1, 0.15) is 12.7 Å². The molecular formula is C17H24ClN3O11. The van der Waals surface area contributed by atoms with E-state index in [9.17, 15) is 28.9 Å². The number of amides is 2. The smallest absolute Gasteiger partial charge is 0.342 e. The number of carbonyl (C=O) groups is 5. The van der Waals surface area contributed by atoms with Gasteiger partial charge in [0, 0.05) is 33.6 Å². The highest BCUT2D eigenvalue weighted by Crippen LogP contribution is 2.28. The number of nitroso groups, excluding NO2 is 1. The molecule has 0 bridgehead atoms. The van der Waals surface area contributed by atoms with E-state index >= 15 is 0 Å². The maximum atomic E-state index is 12.4. The van der Waals surface area contributed by atoms with Gasteiger partial charge in [-0.25, -0.2) is 4.79 Å². The standard InChI is InChI=1S/C17H24ClN3O11/c1-8(22)28-7-12-13(29-9(2)23)14(30-10(3)24)15(31-11(4)25)16(32-12)19-17(26)21(20-27)6-5-18/h12-16H,5-7H2,1-4H3,(H,19,26)/t12-,13-,14-,15-,16+/m0/s1. The van der Waals surface area contributed by atoms with Crippen LogP contribution in [0, 0.1) is 4.91 Å². The lowest BCUT2D eigenvalue weighted by Crippen LogP contribution is -2.66. The molecule has 5 atom stereocenters. The van der Waals surface area contributed by atoms with Crippen molar-refractivity contribution in [2.75, 3.05) is 19.0 Å². The molecule has 0 saturated carbocycles. The Morgan fingerprint density at radius 2 is 1.44 bits per heavy atom. The van der Waals surface area contributed by atoms with Crippen molar-refractivity contribution in [1.82, 2.24) is 10.3 Å². The van der Waals surface area contributed by atoms with Crippen LogP contribution in [0.25, 0.3) is 0 Å². The maximum absolute atomic E-state index is 12.4. The van der Waals surface area contributed by atoms with Gasteiger partial charge in [-0.05, 0) is 0 Å². The van der Waals surface area contributed by atoms with Crippen LogP contribution in [0.2, 0.25) is 0 Å². The van der Waals surface area contributed by atoms with Crippen molar-refractivity contribution in [1.29, 1.82) is 0 Å². The minimum Gasteiger partial charge on any atom is -0.463 e. The molecule has 0 aromatic rings. The molecule has 0 aromatic heterocycles. The third-order valence-corrected chi connectivity index (χ3v) is 4.05. The summed E-state index contributed by atoms with van der Waals surface area (Å²) in [7, 11) is 0. The highest BCUT2D eigenvalue weighted by atomic mass is 35.5. The summed E-state index contributed by atoms with van der Waals surface area (Å²) in [6.45, 7) is 3.57. The zero-order valence-electron chi connectivity index (χ0n) is 17.8. The molecule has 14 nitrogen and oxygen atoms in total. The summed E-state index contributed by atoms with van der Waals surface area (Å²) >= 11 is 5.53. The highest BCUT2D eigenvalue weighted by molar-refractivity contribution is 6.18. The molecule has 2 amide bonds. The van der Waals surface area contributed by atoms with E-state index in [-0.39, 0.29) is 12.4 Å². The van der Waals surface area contributed by atoms with Gasteiger partial charge in [-0.1, -0.05) is 0 Å². The van der Waals surface area contributed by atoms with E-state index in [1.807, 2.05) is 0 Å². The van der Waals surface area contributed by atoms with E-state index < -0.39 is 67.2 Å². The molecule has 0 aromatic carbocycles. The van der Waals surface area contributed by atoms with Crippen LogP contribution in [0.5, 0.6) is 0 Å². The van der Waals surface area contributed by atoms with E-state index in [1.165, 1.54) is 0 Å². The molecule has 0 radical (unpaired) electrons. The first kappa shape index (κ1) is 27.0. The Balaban J connectivity index is 3.36. The number of ether oxygens (including phenoxy) is 5. The summed E-state index contributed by atoms with van der Waals surface area (Å²) in [6.07, 6.45) is -7.14. The average Bonchev–Trinajstić information content (AvgIpc) is 2.67. The number of esters is 4. The Morgan fingerprint density at radius 3 is 1.91 bits per heavy atom. The SMILES string of the molecule is CC(=O)OC[C@@H]1O[C@@H](NC(=O)N(CCCl)N=O)[C@@H](OC(C)=O)[C@@H](OC(C)=O)[C@H]1OC(C)=O. The van der Waals surface area contributed by atoms with Crippen LogP contribution >= 0.6 is 11.6 Å². The van der Waals surface area contributed by atoms with Crippen molar-refractivity contribution < 1.29 is 47.7 Å². The number of hydrogen-bond donors (Lipinski definition) is 1. The van der Waals surface area contributed by atoms with E-state index in [4.69, 9.17) is 35.3 Å². The maximum Gasteiger partial charge on any atom is 0.342 e. The summed E-state index contributed by atoms with van der Waals surface area (Å²) in [5.74, 6) is -3.29. The lowest BCUT2D eigenvalue weighted by atomic mass is 9.97. The molecule has 0 spiro atoms. The van der Waals surface area contributed by atoms with Crippen LogP contribution in [0.3, 0.4) is 0 Å². The number of hydrogen-bond acceptors (Lipinski definition) is 12. The van der Waals surface area contributed by atoms with Crippen molar-refractivity contribution in [3.63, 3.8) is 0 Å². The quantitative estimate of drug-likeness (QED) is 0.154. The van der Waals surface area contributed by atoms with Gasteiger partial charge in [-0.15, -0.1) is 16.5 Å². The Labute approximate surface area is 187 Å². The number of nitrogens with zero attached hydrogens (tertiary/aromatic N) is 2. The minimum atomic E-state index is -1.53. The monoisotopic (exact) mass is 481 g/mol. The molecule has 15 heteroatoms. The van der Waals surface area contributed by atoms with Gasteiger partial charge in [-0.2, -0.15) is 5.01 Å². The number of carbonyl (C=O) groups excluding carboxylic acids is 5. The van der Waals surface area contributed by atoms with Crippen LogP contribution in [0.4, 0.5) is 4.79 Å². The molecule has 0 aliphatic carbocycles. The van der Waals surface area contributed by atoms with Crippen molar-refractivity contribution in [2.24, 2.45) is 5.29 Å². The predicted octanol–water partition coefficient (Wildman–Crippen LogP) is 0.00130. The molecule has 1 aliphatic rings. The summed E-state index contributed by atoms with van der Waals surface area (Å²) in [6, 6.07) is -1.07. The Bertz CT molecular complexity index is 735. The molecular weight excluding hydrogens is 458 g/mol. The van der Waals surface area contributed by atoms with E-state index in [0.717, 1.165) is 27.7 Å². The van der Waals surface area contributed by atoms with Crippen LogP contribution in [0.15, 0.2) is 5.29 Å². The molecule has 0 unspecified atom stereocenters. The van der Waals surface area contributed by atoms with Crippen LogP contribution in [0.1, 0.15) is 27.7 Å². The number of halogens is 1. The zero-order chi connectivity index (χ0) is 24.4. The zero-order valence-corrected chi connectivity index (χ0v) is 18.5. The molecule has 1 fully saturated rings. The van der Waals surface area contributed by atoms with Crippen molar-refractivity contribution >= 4 is 41.5 Å². The Hall–Kier alpha value is -3.00. The van der Waals surface area contributed by atoms with Crippen molar-refractivity contribution in [2.45, 2.75) is 58.3 Å². The number of urea groups is 1. The fraction of sp³-hybridized carbons (Fsp3) is 0.706. The van der Waals surface area contributed by atoms with Gasteiger partial charge < -0.3 is 29.0 Å². The summed E-state index contributed by atoms with van der Waals surface area (Å²) < 4.78 is 26.1. The van der Waals surface area contributed by atoms with E-state index in [1.54, 1.807) is 0 Å². The number of rotatable bonds is 9. The molecule has 1 aliphatic heterocycles. The topological polar surface area (TPSA) is 176 Å². The van der Waals surface area contributed by atoms with Gasteiger partial charge in [0.15, 0.2) is 24.5 Å². The summed E-state index contributed by atoms with van der Waals surface area (Å²) in [5.41, 5.74) is 0. The van der Waals surface area contributed by atoms with Gasteiger partial charge >= 0.3 is 29.9 Å². The molecule has 1 rings (SSSR count). The average molecular weight is 482 g/mol. The third kappa shape index (κ3) is 8.26. The molecule has 1 saturated heterocycles. The fourth-order valence-electron chi connectivity index (χ4n) is 2.80. The second-order valence-corrected chi connectivity index (χ2v) is 6.84. The second kappa shape index (κ2) is 12.8. The largest absolute Gasteiger partial charge is 0.463 e. The normalized spacial score (nSPS) is 24.5. The predicted molar refractivity (Wildman–Crippen MR) is 104 cm³/mol. The van der Waals surface area contributed by atoms with Crippen LogP contribution < -0.4 is 5.32 Å². The highest BCUT2D eigenvalue weighted by Gasteiger charge is 2.52. The third-order valence-electron chi connectivity index (χ3n) is 3.89. The lowest BCUT2D eigenvalue weighted by Gasteiger charge is -2.44. The van der Waals surface area contributed by atoms with E-state index in [2.05, 4.69) is 10.6 Å². The molecule has 1 heterocycles. The van der Waals surface area contributed by atoms with Crippen LogP contribution in [-0.4, -0.2) is 84.6 Å². The summed E-state index contributed by atoms with van der Waals surface area (Å²) in [4.78, 5) is 69.6.